The predicted molar refractivity (Wildman–Crippen MR) is 142 cm³/mol. The molecular formula is C30H26O11. The second-order valence-corrected chi connectivity index (χ2v) is 10.2. The third kappa shape index (κ3) is 4.31. The first-order valence-corrected chi connectivity index (χ1v) is 12.7. The third-order valence-electron chi connectivity index (χ3n) is 7.57. The van der Waals surface area contributed by atoms with E-state index >= 15 is 0 Å². The van der Waals surface area contributed by atoms with Crippen LogP contribution in [0.3, 0.4) is 0 Å². The Morgan fingerprint density at radius 3 is 1.95 bits per heavy atom. The number of benzene rings is 4. The van der Waals surface area contributed by atoms with E-state index in [-0.39, 0.29) is 57.4 Å². The van der Waals surface area contributed by atoms with E-state index < -0.39 is 53.3 Å². The summed E-state index contributed by atoms with van der Waals surface area (Å²) in [5.74, 6) is -3.87. The molecule has 0 saturated heterocycles. The number of aliphatic hydroxyl groups is 2. The molecule has 5 atom stereocenters. The maximum absolute atomic E-state index is 11.7. The highest BCUT2D eigenvalue weighted by molar-refractivity contribution is 5.65. The molecule has 6 rings (SSSR count). The smallest absolute Gasteiger partial charge is 0.157 e. The average molecular weight is 563 g/mol. The van der Waals surface area contributed by atoms with Crippen LogP contribution in [0.2, 0.25) is 0 Å². The Labute approximate surface area is 232 Å². The molecule has 0 spiro atoms. The average Bonchev–Trinajstić information content (AvgIpc) is 2.92. The van der Waals surface area contributed by atoms with Crippen LogP contribution in [-0.2, 0) is 6.42 Å². The molecule has 212 valence electrons. The molecule has 4 aromatic carbocycles. The molecule has 2 heterocycles. The van der Waals surface area contributed by atoms with Crippen LogP contribution in [0.25, 0.3) is 0 Å². The number of hydrogen-bond donors (Lipinski definition) is 9. The number of aromatic hydroxyl groups is 7. The van der Waals surface area contributed by atoms with Gasteiger partial charge in [0.05, 0.1) is 12.0 Å². The fourth-order valence-electron chi connectivity index (χ4n) is 5.66. The minimum absolute atomic E-state index is 0.00222. The van der Waals surface area contributed by atoms with Crippen LogP contribution >= 0.6 is 0 Å². The Bertz CT molecular complexity index is 1650. The lowest BCUT2D eigenvalue weighted by molar-refractivity contribution is 0.00117. The van der Waals surface area contributed by atoms with Gasteiger partial charge in [-0.2, -0.15) is 0 Å². The summed E-state index contributed by atoms with van der Waals surface area (Å²) >= 11 is 0. The van der Waals surface area contributed by atoms with E-state index in [1.807, 2.05) is 0 Å². The van der Waals surface area contributed by atoms with Gasteiger partial charge in [-0.25, -0.2) is 0 Å². The zero-order chi connectivity index (χ0) is 29.2. The van der Waals surface area contributed by atoms with E-state index in [9.17, 15) is 46.0 Å². The molecule has 0 bridgehead atoms. The molecule has 4 aromatic rings. The maximum atomic E-state index is 11.7. The highest BCUT2D eigenvalue weighted by Crippen LogP contribution is 2.57. The molecule has 0 saturated carbocycles. The number of phenolic OH excluding ortho intramolecular Hbond substituents is 7. The van der Waals surface area contributed by atoms with Gasteiger partial charge in [0.25, 0.3) is 0 Å². The van der Waals surface area contributed by atoms with Crippen LogP contribution in [0.15, 0.2) is 60.7 Å². The quantitative estimate of drug-likeness (QED) is 0.166. The Balaban J connectivity index is 1.55. The van der Waals surface area contributed by atoms with Crippen LogP contribution in [0.1, 0.15) is 45.9 Å². The summed E-state index contributed by atoms with van der Waals surface area (Å²) in [6, 6.07) is 13.1. The van der Waals surface area contributed by atoms with Crippen molar-refractivity contribution in [2.75, 3.05) is 0 Å². The number of ether oxygens (including phenoxy) is 2. The molecule has 2 aliphatic rings. The van der Waals surface area contributed by atoms with Gasteiger partial charge in [-0.1, -0.05) is 18.2 Å². The highest BCUT2D eigenvalue weighted by atomic mass is 16.5. The third-order valence-corrected chi connectivity index (χ3v) is 7.57. The molecular weight excluding hydrogens is 536 g/mol. The molecule has 11 heteroatoms. The molecule has 0 amide bonds. The molecule has 11 nitrogen and oxygen atoms in total. The summed E-state index contributed by atoms with van der Waals surface area (Å²) in [5.41, 5.74) is 0.857. The van der Waals surface area contributed by atoms with Crippen LogP contribution in [0.5, 0.6) is 51.7 Å². The largest absolute Gasteiger partial charge is 0.508 e. The lowest BCUT2D eigenvalue weighted by Crippen LogP contribution is -2.36. The second-order valence-electron chi connectivity index (χ2n) is 10.2. The molecule has 0 radical (unpaired) electrons. The lowest BCUT2D eigenvalue weighted by Gasteiger charge is -2.40. The fraction of sp³-hybridized carbons (Fsp3) is 0.200. The standard InChI is InChI=1S/C30H26O11/c31-14-4-1-12(2-5-14)28-22(38)10-16-18(34)11-21(37)25(30(16)41-28)26-24-20(36)8-15(32)9-23(24)40-29(27(26)39)13-3-6-17(33)19(35)7-13/h1-9,11,22,26-29,31-39H,10H2. The predicted octanol–water partition coefficient (Wildman–Crippen LogP) is 3.29. The van der Waals surface area contributed by atoms with Crippen LogP contribution in [0.4, 0.5) is 0 Å². The Morgan fingerprint density at radius 1 is 0.561 bits per heavy atom. The van der Waals surface area contributed by atoms with Crippen molar-refractivity contribution in [3.63, 3.8) is 0 Å². The molecule has 0 aliphatic carbocycles. The topological polar surface area (TPSA) is 201 Å². The minimum Gasteiger partial charge on any atom is -0.508 e. The molecule has 41 heavy (non-hydrogen) atoms. The Morgan fingerprint density at radius 2 is 1.24 bits per heavy atom. The zero-order valence-corrected chi connectivity index (χ0v) is 21.2. The van der Waals surface area contributed by atoms with Gasteiger partial charge < -0.3 is 55.4 Å². The number of phenols is 7. The van der Waals surface area contributed by atoms with Gasteiger partial charge in [-0.3, -0.25) is 0 Å². The van der Waals surface area contributed by atoms with Crippen molar-refractivity contribution in [2.24, 2.45) is 0 Å². The first-order chi connectivity index (χ1) is 19.5. The van der Waals surface area contributed by atoms with Gasteiger partial charge in [0.2, 0.25) is 0 Å². The first-order valence-electron chi connectivity index (χ1n) is 12.7. The van der Waals surface area contributed by atoms with Gasteiger partial charge in [-0.15, -0.1) is 0 Å². The van der Waals surface area contributed by atoms with E-state index in [0.29, 0.717) is 5.56 Å². The Kier molecular flexibility index (Phi) is 6.13. The number of fused-ring (bicyclic) bond motifs is 2. The molecule has 2 aliphatic heterocycles. The van der Waals surface area contributed by atoms with Gasteiger partial charge in [-0.05, 0) is 35.4 Å². The fourth-order valence-corrected chi connectivity index (χ4v) is 5.66. The maximum Gasteiger partial charge on any atom is 0.157 e. The van der Waals surface area contributed by atoms with Crippen molar-refractivity contribution >= 4 is 0 Å². The monoisotopic (exact) mass is 562 g/mol. The number of hydrogen-bond acceptors (Lipinski definition) is 11. The van der Waals surface area contributed by atoms with Crippen LogP contribution < -0.4 is 9.47 Å². The number of aliphatic hydroxyl groups excluding tert-OH is 2. The van der Waals surface area contributed by atoms with E-state index in [4.69, 9.17) is 9.47 Å². The second kappa shape index (κ2) is 9.58. The summed E-state index contributed by atoms with van der Waals surface area (Å²) in [5, 5.41) is 95.3. The van der Waals surface area contributed by atoms with Gasteiger partial charge in [0, 0.05) is 41.3 Å². The van der Waals surface area contributed by atoms with Crippen LogP contribution in [0, 0.1) is 0 Å². The molecule has 0 fully saturated rings. The van der Waals surface area contributed by atoms with Gasteiger partial charge in [0.1, 0.15) is 52.5 Å². The van der Waals surface area contributed by atoms with Crippen molar-refractivity contribution in [1.29, 1.82) is 0 Å². The molecule has 9 N–H and O–H groups in total. The van der Waals surface area contributed by atoms with Crippen molar-refractivity contribution in [1.82, 2.24) is 0 Å². The Hall–Kier alpha value is -5.00. The van der Waals surface area contributed by atoms with Gasteiger partial charge in [0.15, 0.2) is 17.6 Å². The SMILES string of the molecule is Oc1ccc(C2Oc3c(c(O)cc(O)c3C3c4c(O)cc(O)cc4OC(c4ccc(O)c(O)c4)C3O)CC2O)cc1. The summed E-state index contributed by atoms with van der Waals surface area (Å²) < 4.78 is 12.2. The number of rotatable bonds is 3. The van der Waals surface area contributed by atoms with E-state index in [1.54, 1.807) is 12.1 Å². The highest BCUT2D eigenvalue weighted by Gasteiger charge is 2.46. The normalized spacial score (nSPS) is 23.1. The summed E-state index contributed by atoms with van der Waals surface area (Å²) in [7, 11) is 0. The van der Waals surface area contributed by atoms with E-state index in [2.05, 4.69) is 0 Å². The molecule has 5 unspecified atom stereocenters. The first kappa shape index (κ1) is 26.2. The zero-order valence-electron chi connectivity index (χ0n) is 21.2. The summed E-state index contributed by atoms with van der Waals surface area (Å²) in [6.07, 6.45) is -4.99. The van der Waals surface area contributed by atoms with E-state index in [0.717, 1.165) is 12.1 Å². The van der Waals surface area contributed by atoms with Crippen LogP contribution in [-0.4, -0.2) is 58.2 Å². The van der Waals surface area contributed by atoms with Crippen molar-refractivity contribution in [3.8, 4) is 51.7 Å². The summed E-state index contributed by atoms with van der Waals surface area (Å²) in [4.78, 5) is 0. The summed E-state index contributed by atoms with van der Waals surface area (Å²) in [6.45, 7) is 0. The van der Waals surface area contributed by atoms with Gasteiger partial charge >= 0.3 is 0 Å². The minimum atomic E-state index is -1.55. The van der Waals surface area contributed by atoms with Crippen molar-refractivity contribution < 1.29 is 55.4 Å². The lowest BCUT2D eigenvalue weighted by atomic mass is 9.77. The molecule has 0 aromatic heterocycles. The van der Waals surface area contributed by atoms with E-state index in [1.165, 1.54) is 36.4 Å². The van der Waals surface area contributed by atoms with Crippen molar-refractivity contribution in [2.45, 2.75) is 36.8 Å². The van der Waals surface area contributed by atoms with Crippen molar-refractivity contribution in [3.05, 3.63) is 88.5 Å².